The molecule has 2 fully saturated rings. The van der Waals surface area contributed by atoms with Crippen LogP contribution < -0.4 is 16.2 Å². The molecule has 4 rings (SSSR count). The van der Waals surface area contributed by atoms with Crippen LogP contribution in [0.15, 0.2) is 29.2 Å². The summed E-state index contributed by atoms with van der Waals surface area (Å²) in [6.07, 6.45) is 3.20. The fourth-order valence-electron chi connectivity index (χ4n) is 3.72. The number of aromatic nitrogens is 2. The van der Waals surface area contributed by atoms with Gasteiger partial charge in [-0.3, -0.25) is 19.7 Å². The van der Waals surface area contributed by atoms with Crippen LogP contribution in [-0.4, -0.2) is 39.8 Å². The second-order valence-electron chi connectivity index (χ2n) is 6.94. The normalized spacial score (nSPS) is 23.0. The van der Waals surface area contributed by atoms with Gasteiger partial charge in [-0.25, -0.2) is 4.68 Å². The second kappa shape index (κ2) is 6.30. The lowest BCUT2D eigenvalue weighted by Gasteiger charge is -2.33. The van der Waals surface area contributed by atoms with Crippen LogP contribution in [-0.2, 0) is 15.2 Å². The molecule has 3 N–H and O–H groups in total. The van der Waals surface area contributed by atoms with Crippen molar-refractivity contribution < 1.29 is 14.7 Å². The lowest BCUT2D eigenvalue weighted by Crippen LogP contribution is -2.45. The highest BCUT2D eigenvalue weighted by atomic mass is 16.3. The van der Waals surface area contributed by atoms with Gasteiger partial charge >= 0.3 is 0 Å². The van der Waals surface area contributed by atoms with Crippen LogP contribution in [0, 0.1) is 0 Å². The third-order valence-corrected chi connectivity index (χ3v) is 5.28. The van der Waals surface area contributed by atoms with Crippen molar-refractivity contribution in [2.24, 2.45) is 0 Å². The maximum Gasteiger partial charge on any atom is 0.275 e. The Morgan fingerprint density at radius 2 is 1.96 bits per heavy atom. The summed E-state index contributed by atoms with van der Waals surface area (Å²) in [5, 5.41) is 21.5. The van der Waals surface area contributed by atoms with E-state index in [0.717, 1.165) is 23.3 Å². The van der Waals surface area contributed by atoms with Crippen molar-refractivity contribution in [2.45, 2.75) is 37.3 Å². The predicted octanol–water partition coefficient (Wildman–Crippen LogP) is -0.0548. The first kappa shape index (κ1) is 16.9. The lowest BCUT2D eigenvalue weighted by atomic mass is 9.84. The SMILES string of the molecule is O=C1CCC(n2ncc3cc(C4(O)CCNCC4)ccc3c2=O)C(=O)N1. The van der Waals surface area contributed by atoms with Gasteiger partial charge < -0.3 is 10.4 Å². The van der Waals surface area contributed by atoms with E-state index in [1.165, 1.54) is 6.20 Å². The topological polar surface area (TPSA) is 113 Å². The van der Waals surface area contributed by atoms with Crippen LogP contribution in [0.5, 0.6) is 0 Å². The van der Waals surface area contributed by atoms with Gasteiger partial charge in [-0.15, -0.1) is 0 Å². The monoisotopic (exact) mass is 356 g/mol. The first-order valence-corrected chi connectivity index (χ1v) is 8.77. The highest BCUT2D eigenvalue weighted by molar-refractivity contribution is 5.99. The van der Waals surface area contributed by atoms with Crippen LogP contribution in [0.3, 0.4) is 0 Å². The van der Waals surface area contributed by atoms with Gasteiger partial charge in [0.15, 0.2) is 0 Å². The number of rotatable bonds is 2. The zero-order valence-electron chi connectivity index (χ0n) is 14.2. The largest absolute Gasteiger partial charge is 0.385 e. The summed E-state index contributed by atoms with van der Waals surface area (Å²) in [5.41, 5.74) is -0.509. The quantitative estimate of drug-likeness (QED) is 0.650. The Kier molecular flexibility index (Phi) is 4.08. The van der Waals surface area contributed by atoms with Crippen molar-refractivity contribution >= 4 is 22.6 Å². The third kappa shape index (κ3) is 2.81. The van der Waals surface area contributed by atoms with E-state index in [-0.39, 0.29) is 24.3 Å². The molecule has 2 aliphatic heterocycles. The van der Waals surface area contributed by atoms with Crippen molar-refractivity contribution in [1.29, 1.82) is 0 Å². The fraction of sp³-hybridized carbons (Fsp3) is 0.444. The van der Waals surface area contributed by atoms with E-state index in [0.29, 0.717) is 23.6 Å². The van der Waals surface area contributed by atoms with E-state index in [9.17, 15) is 19.5 Å². The number of hydrogen-bond acceptors (Lipinski definition) is 6. The van der Waals surface area contributed by atoms with Crippen molar-refractivity contribution in [3.05, 3.63) is 40.3 Å². The highest BCUT2D eigenvalue weighted by Crippen LogP contribution is 2.31. The molecule has 1 unspecified atom stereocenters. The number of nitrogens with one attached hydrogen (secondary N) is 2. The van der Waals surface area contributed by atoms with E-state index < -0.39 is 17.6 Å². The zero-order chi connectivity index (χ0) is 18.3. The molecule has 26 heavy (non-hydrogen) atoms. The Morgan fingerprint density at radius 3 is 2.69 bits per heavy atom. The van der Waals surface area contributed by atoms with Crippen LogP contribution >= 0.6 is 0 Å². The Labute approximate surface area is 149 Å². The fourth-order valence-corrected chi connectivity index (χ4v) is 3.72. The van der Waals surface area contributed by atoms with Crippen molar-refractivity contribution in [3.8, 4) is 0 Å². The van der Waals surface area contributed by atoms with Gasteiger partial charge in [-0.1, -0.05) is 6.07 Å². The maximum absolute atomic E-state index is 12.8. The molecule has 2 aliphatic rings. The molecule has 8 nitrogen and oxygen atoms in total. The number of carbonyl (C=O) groups is 2. The van der Waals surface area contributed by atoms with Gasteiger partial charge in [0.25, 0.3) is 11.5 Å². The van der Waals surface area contributed by atoms with Crippen LogP contribution in [0.1, 0.15) is 37.3 Å². The molecule has 2 aromatic rings. The Bertz CT molecular complexity index is 946. The molecule has 0 saturated carbocycles. The van der Waals surface area contributed by atoms with E-state index in [1.807, 2.05) is 0 Å². The molecule has 0 spiro atoms. The molecular formula is C18H20N4O4. The first-order valence-electron chi connectivity index (χ1n) is 8.77. The summed E-state index contributed by atoms with van der Waals surface area (Å²) in [4.78, 5) is 36.1. The van der Waals surface area contributed by atoms with Gasteiger partial charge in [0.1, 0.15) is 6.04 Å². The van der Waals surface area contributed by atoms with E-state index in [1.54, 1.807) is 18.2 Å². The Hall–Kier alpha value is -2.58. The van der Waals surface area contributed by atoms with Crippen molar-refractivity contribution in [3.63, 3.8) is 0 Å². The molecule has 8 heteroatoms. The third-order valence-electron chi connectivity index (χ3n) is 5.28. The van der Waals surface area contributed by atoms with Gasteiger partial charge in [0, 0.05) is 11.8 Å². The average molecular weight is 356 g/mol. The predicted molar refractivity (Wildman–Crippen MR) is 93.4 cm³/mol. The van der Waals surface area contributed by atoms with Gasteiger partial charge in [-0.2, -0.15) is 5.10 Å². The van der Waals surface area contributed by atoms with Crippen LogP contribution in [0.2, 0.25) is 0 Å². The summed E-state index contributed by atoms with van der Waals surface area (Å²) < 4.78 is 1.14. The minimum absolute atomic E-state index is 0.183. The van der Waals surface area contributed by atoms with Gasteiger partial charge in [0.05, 0.1) is 17.2 Å². The molecule has 136 valence electrons. The number of hydrogen-bond donors (Lipinski definition) is 3. The molecule has 3 heterocycles. The van der Waals surface area contributed by atoms with Crippen molar-refractivity contribution in [1.82, 2.24) is 20.4 Å². The van der Waals surface area contributed by atoms with E-state index in [2.05, 4.69) is 15.7 Å². The summed E-state index contributed by atoms with van der Waals surface area (Å²) in [5.74, 6) is -0.837. The lowest BCUT2D eigenvalue weighted by molar-refractivity contribution is -0.136. The maximum atomic E-state index is 12.8. The molecule has 0 aliphatic carbocycles. The van der Waals surface area contributed by atoms with E-state index >= 15 is 0 Å². The molecular weight excluding hydrogens is 336 g/mol. The molecule has 2 saturated heterocycles. The smallest absolute Gasteiger partial charge is 0.275 e. The molecule has 0 radical (unpaired) electrons. The minimum Gasteiger partial charge on any atom is -0.385 e. The second-order valence-corrected chi connectivity index (χ2v) is 6.94. The summed E-state index contributed by atoms with van der Waals surface area (Å²) in [6, 6.07) is 4.46. The Morgan fingerprint density at radius 1 is 1.19 bits per heavy atom. The first-order chi connectivity index (χ1) is 12.5. The molecule has 1 aromatic carbocycles. The van der Waals surface area contributed by atoms with E-state index in [4.69, 9.17) is 0 Å². The highest BCUT2D eigenvalue weighted by Gasteiger charge is 2.32. The van der Waals surface area contributed by atoms with Gasteiger partial charge in [-0.05, 0) is 50.0 Å². The number of benzene rings is 1. The average Bonchev–Trinajstić information content (AvgIpc) is 2.63. The molecule has 0 bridgehead atoms. The summed E-state index contributed by atoms with van der Waals surface area (Å²) in [6.45, 7) is 1.48. The van der Waals surface area contributed by atoms with Crippen LogP contribution in [0.25, 0.3) is 10.8 Å². The van der Waals surface area contributed by atoms with Crippen molar-refractivity contribution in [2.75, 3.05) is 13.1 Å². The standard InChI is InChI=1S/C18H20N4O4/c23-15-4-3-14(16(24)21-15)22-17(25)13-2-1-12(9-11(13)10-20-22)18(26)5-7-19-8-6-18/h1-2,9-10,14,19,26H,3-8H2,(H,21,23,24). The molecule has 2 amide bonds. The number of piperidine rings is 2. The Balaban J connectivity index is 1.73. The number of nitrogens with zero attached hydrogens (tertiary/aromatic N) is 2. The molecule has 1 atom stereocenters. The number of aliphatic hydroxyl groups is 1. The molecule has 1 aromatic heterocycles. The number of amides is 2. The van der Waals surface area contributed by atoms with Gasteiger partial charge in [0.2, 0.25) is 5.91 Å². The number of imide groups is 1. The zero-order valence-corrected chi connectivity index (χ0v) is 14.2. The minimum atomic E-state index is -0.905. The number of fused-ring (bicyclic) bond motifs is 1. The number of carbonyl (C=O) groups excluding carboxylic acids is 2. The van der Waals surface area contributed by atoms with Crippen LogP contribution in [0.4, 0.5) is 0 Å². The summed E-state index contributed by atoms with van der Waals surface area (Å²) >= 11 is 0. The summed E-state index contributed by atoms with van der Waals surface area (Å²) in [7, 11) is 0.